The van der Waals surface area contributed by atoms with E-state index in [0.29, 0.717) is 12.8 Å². The molecular formula is C42H85NaO8. The Balaban J connectivity index is -0.000000886. The fourth-order valence-electron chi connectivity index (χ4n) is 5.91. The van der Waals surface area contributed by atoms with Crippen molar-refractivity contribution in [2.75, 3.05) is 26.4 Å². The molecule has 0 aliphatic heterocycles. The zero-order chi connectivity index (χ0) is 37.2. The maximum absolute atomic E-state index is 11.4. The van der Waals surface area contributed by atoms with Gasteiger partial charge in [0.25, 0.3) is 0 Å². The van der Waals surface area contributed by atoms with Crippen LogP contribution < -0.4 is 0 Å². The van der Waals surface area contributed by atoms with Gasteiger partial charge in [-0.15, -0.1) is 0 Å². The fraction of sp³-hybridized carbons (Fsp3) is 0.952. The topological polar surface area (TPSA) is 134 Å². The molecule has 9 heteroatoms. The van der Waals surface area contributed by atoms with E-state index in [-0.39, 0.29) is 67.9 Å². The Labute approximate surface area is 337 Å². The van der Waals surface area contributed by atoms with Crippen molar-refractivity contribution in [3.05, 3.63) is 0 Å². The molecule has 2 atom stereocenters. The van der Waals surface area contributed by atoms with Crippen molar-refractivity contribution in [2.24, 2.45) is 0 Å². The molecule has 0 aromatic heterocycles. The van der Waals surface area contributed by atoms with E-state index in [4.69, 9.17) is 29.9 Å². The van der Waals surface area contributed by atoms with Gasteiger partial charge in [0.2, 0.25) is 0 Å². The molecule has 0 amide bonds. The maximum atomic E-state index is 11.4. The second kappa shape index (κ2) is 47.8. The van der Waals surface area contributed by atoms with E-state index in [0.717, 1.165) is 25.7 Å². The molecule has 0 radical (unpaired) electrons. The van der Waals surface area contributed by atoms with Crippen molar-refractivity contribution in [3.63, 3.8) is 0 Å². The van der Waals surface area contributed by atoms with Crippen LogP contribution in [0.25, 0.3) is 0 Å². The van der Waals surface area contributed by atoms with Gasteiger partial charge in [-0.2, -0.15) is 0 Å². The molecule has 8 nitrogen and oxygen atoms in total. The number of hydrogen-bond donors (Lipinski definition) is 4. The van der Waals surface area contributed by atoms with E-state index in [1.54, 1.807) is 0 Å². The zero-order valence-corrected chi connectivity index (χ0v) is 33.0. The third kappa shape index (κ3) is 49.8. The molecule has 0 bridgehead atoms. The van der Waals surface area contributed by atoms with Crippen LogP contribution in [0.5, 0.6) is 0 Å². The number of carbonyl (C=O) groups excluding carboxylic acids is 2. The van der Waals surface area contributed by atoms with Gasteiger partial charge >= 0.3 is 41.5 Å². The first-order chi connectivity index (χ1) is 24.4. The molecule has 302 valence electrons. The van der Waals surface area contributed by atoms with Crippen LogP contribution in [0.1, 0.15) is 219 Å². The molecule has 0 fully saturated rings. The molecule has 0 aromatic rings. The van der Waals surface area contributed by atoms with Gasteiger partial charge in [0.15, 0.2) is 0 Å². The zero-order valence-electron chi connectivity index (χ0n) is 33.0. The van der Waals surface area contributed by atoms with E-state index >= 15 is 0 Å². The molecule has 4 N–H and O–H groups in total. The Morgan fingerprint density at radius 1 is 0.392 bits per heavy atom. The number of rotatable bonds is 38. The Hall–Kier alpha value is -0.220. The molecule has 0 saturated heterocycles. The van der Waals surface area contributed by atoms with Crippen LogP contribution >= 0.6 is 0 Å². The predicted molar refractivity (Wildman–Crippen MR) is 214 cm³/mol. The average molecular weight is 741 g/mol. The van der Waals surface area contributed by atoms with Crippen molar-refractivity contribution in [1.82, 2.24) is 0 Å². The van der Waals surface area contributed by atoms with Crippen molar-refractivity contribution >= 4 is 41.5 Å². The van der Waals surface area contributed by atoms with Gasteiger partial charge in [-0.05, 0) is 12.8 Å². The van der Waals surface area contributed by atoms with E-state index in [1.807, 2.05) is 0 Å². The van der Waals surface area contributed by atoms with Crippen LogP contribution in [0.3, 0.4) is 0 Å². The van der Waals surface area contributed by atoms with Crippen LogP contribution in [0.4, 0.5) is 0 Å². The molecule has 0 heterocycles. The monoisotopic (exact) mass is 741 g/mol. The van der Waals surface area contributed by atoms with Crippen LogP contribution in [0.2, 0.25) is 0 Å². The number of carbonyl (C=O) groups is 2. The summed E-state index contributed by atoms with van der Waals surface area (Å²) >= 11 is 0. The van der Waals surface area contributed by atoms with Crippen molar-refractivity contribution in [3.8, 4) is 0 Å². The second-order valence-corrected chi connectivity index (χ2v) is 14.4. The summed E-state index contributed by atoms with van der Waals surface area (Å²) in [7, 11) is 0. The fourth-order valence-corrected chi connectivity index (χ4v) is 5.91. The summed E-state index contributed by atoms with van der Waals surface area (Å²) in [6, 6.07) is 0. The molecule has 0 spiro atoms. The van der Waals surface area contributed by atoms with E-state index in [2.05, 4.69) is 13.8 Å². The van der Waals surface area contributed by atoms with Gasteiger partial charge in [-0.3, -0.25) is 9.59 Å². The van der Waals surface area contributed by atoms with Crippen molar-refractivity contribution < 1.29 is 39.5 Å². The number of unbranched alkanes of at least 4 members (excludes halogenated alkanes) is 28. The van der Waals surface area contributed by atoms with Gasteiger partial charge in [-0.1, -0.05) is 194 Å². The summed E-state index contributed by atoms with van der Waals surface area (Å²) < 4.78 is 9.73. The van der Waals surface area contributed by atoms with Gasteiger partial charge in [0, 0.05) is 12.8 Å². The standard InChI is InChI=1S/2C21H42O4.Na.H/c2*1-2-3-4-5-6-7-8-9-10-11-12-13-14-15-16-17-21(24)25-19-20(23)18-22;;/h2*20,22-23H,2-19H2,1H3;;. The normalized spacial score (nSPS) is 12.0. The second-order valence-electron chi connectivity index (χ2n) is 14.4. The van der Waals surface area contributed by atoms with E-state index in [1.165, 1.54) is 167 Å². The van der Waals surface area contributed by atoms with E-state index in [9.17, 15) is 9.59 Å². The first kappa shape index (κ1) is 55.1. The Morgan fingerprint density at radius 2 is 0.588 bits per heavy atom. The molecule has 0 aromatic carbocycles. The van der Waals surface area contributed by atoms with Crippen LogP contribution in [-0.2, 0) is 19.1 Å². The van der Waals surface area contributed by atoms with Gasteiger partial charge in [0.1, 0.15) is 25.4 Å². The summed E-state index contributed by atoms with van der Waals surface area (Å²) in [4.78, 5) is 22.8. The molecule has 0 rings (SSSR count). The summed E-state index contributed by atoms with van der Waals surface area (Å²) in [5.74, 6) is -0.551. The summed E-state index contributed by atoms with van der Waals surface area (Å²) in [6.45, 7) is 3.59. The third-order valence-corrected chi connectivity index (χ3v) is 9.26. The Kier molecular flexibility index (Phi) is 51.7. The molecule has 51 heavy (non-hydrogen) atoms. The molecular weight excluding hydrogens is 655 g/mol. The minimum absolute atomic E-state index is 0. The van der Waals surface area contributed by atoms with Crippen molar-refractivity contribution in [2.45, 2.75) is 232 Å². The summed E-state index contributed by atoms with van der Waals surface area (Å²) in [6.07, 6.45) is 38.1. The van der Waals surface area contributed by atoms with Crippen LogP contribution in [0, 0.1) is 0 Å². The number of aliphatic hydroxyl groups excluding tert-OH is 4. The van der Waals surface area contributed by atoms with Gasteiger partial charge in [0.05, 0.1) is 13.2 Å². The number of ether oxygens (including phenoxy) is 2. The Morgan fingerprint density at radius 3 is 0.784 bits per heavy atom. The summed E-state index contributed by atoms with van der Waals surface area (Å²) in [5.41, 5.74) is 0. The number of hydrogen-bond acceptors (Lipinski definition) is 8. The van der Waals surface area contributed by atoms with Crippen LogP contribution in [0.15, 0.2) is 0 Å². The third-order valence-electron chi connectivity index (χ3n) is 9.26. The quantitative estimate of drug-likeness (QED) is 0.0280. The molecule has 0 aliphatic carbocycles. The number of aliphatic hydroxyl groups is 4. The first-order valence-electron chi connectivity index (χ1n) is 21.3. The first-order valence-corrected chi connectivity index (χ1v) is 21.3. The SMILES string of the molecule is CCCCCCCCCCCCCCCCCC(=O)OCC(O)CO.CCCCCCCCCCCCCCCCCC(=O)OCC(O)CO.[NaH]. The summed E-state index contributed by atoms with van der Waals surface area (Å²) in [5, 5.41) is 35.4. The van der Waals surface area contributed by atoms with Gasteiger partial charge in [-0.25, -0.2) is 0 Å². The van der Waals surface area contributed by atoms with Gasteiger partial charge < -0.3 is 29.9 Å². The molecule has 0 saturated carbocycles. The average Bonchev–Trinajstić information content (AvgIpc) is 3.12. The Bertz CT molecular complexity index is 625. The number of esters is 2. The molecule has 0 aliphatic rings. The van der Waals surface area contributed by atoms with Crippen LogP contribution in [-0.4, -0.2) is 101 Å². The van der Waals surface area contributed by atoms with E-state index < -0.39 is 12.2 Å². The van der Waals surface area contributed by atoms with Crippen molar-refractivity contribution in [1.29, 1.82) is 0 Å². The predicted octanol–water partition coefficient (Wildman–Crippen LogP) is 9.64. The molecule has 2 unspecified atom stereocenters. The minimum atomic E-state index is -0.954.